The molecule has 1 N–H and O–H groups in total. The van der Waals surface area contributed by atoms with E-state index in [2.05, 4.69) is 46.4 Å². The number of hydrogen-bond acceptors (Lipinski definition) is 3. The second-order valence-electron chi connectivity index (χ2n) is 5.63. The van der Waals surface area contributed by atoms with Crippen LogP contribution in [0.25, 0.3) is 0 Å². The molecule has 1 heterocycles. The smallest absolute Gasteiger partial charge is 0.161 e. The largest absolute Gasteiger partial charge is 0.335 e. The third-order valence-electron chi connectivity index (χ3n) is 3.89. The number of amidine groups is 1. The van der Waals surface area contributed by atoms with Crippen molar-refractivity contribution in [3.63, 3.8) is 0 Å². The van der Waals surface area contributed by atoms with Crippen LogP contribution in [0.2, 0.25) is 0 Å². The number of thioether (sulfide) groups is 1. The van der Waals surface area contributed by atoms with Crippen molar-refractivity contribution in [3.8, 4) is 0 Å². The molecule has 0 radical (unpaired) electrons. The van der Waals surface area contributed by atoms with Gasteiger partial charge in [-0.25, -0.2) is 0 Å². The highest BCUT2D eigenvalue weighted by Gasteiger charge is 2.36. The molecule has 102 valence electrons. The van der Waals surface area contributed by atoms with Crippen molar-refractivity contribution in [1.82, 2.24) is 0 Å². The van der Waals surface area contributed by atoms with Crippen LogP contribution in [0.4, 0.5) is 5.69 Å². The minimum absolute atomic E-state index is 0.242. The first kappa shape index (κ1) is 13.5. The first-order valence-corrected chi connectivity index (χ1v) is 8.70. The lowest BCUT2D eigenvalue weighted by molar-refractivity contribution is 0.335. The van der Waals surface area contributed by atoms with Gasteiger partial charge in [-0.15, -0.1) is 0 Å². The van der Waals surface area contributed by atoms with Crippen molar-refractivity contribution in [3.05, 3.63) is 28.2 Å². The minimum atomic E-state index is 0.242. The van der Waals surface area contributed by atoms with E-state index < -0.39 is 0 Å². The lowest BCUT2D eigenvalue weighted by Gasteiger charge is -2.29. The SMILES string of the molecule is Cc1cc(Br)cc(NC2=NC3(CCCCC3)CS2)c1. The van der Waals surface area contributed by atoms with Gasteiger partial charge in [0.1, 0.15) is 0 Å². The van der Waals surface area contributed by atoms with Crippen LogP contribution in [-0.4, -0.2) is 16.5 Å². The molecule has 0 atom stereocenters. The maximum absolute atomic E-state index is 4.99. The highest BCUT2D eigenvalue weighted by Crippen LogP contribution is 2.40. The fraction of sp³-hybridized carbons (Fsp3) is 0.533. The van der Waals surface area contributed by atoms with Gasteiger partial charge in [0.05, 0.1) is 5.54 Å². The van der Waals surface area contributed by atoms with Crippen LogP contribution in [0, 0.1) is 6.92 Å². The summed E-state index contributed by atoms with van der Waals surface area (Å²) in [5.41, 5.74) is 2.63. The number of halogens is 1. The van der Waals surface area contributed by atoms with Crippen molar-refractivity contribution in [2.45, 2.75) is 44.6 Å². The van der Waals surface area contributed by atoms with Crippen molar-refractivity contribution in [1.29, 1.82) is 0 Å². The predicted octanol–water partition coefficient (Wildman–Crippen LogP) is 4.98. The monoisotopic (exact) mass is 338 g/mol. The number of benzene rings is 1. The Labute approximate surface area is 127 Å². The average Bonchev–Trinajstić information content (AvgIpc) is 2.71. The summed E-state index contributed by atoms with van der Waals surface area (Å²) in [6, 6.07) is 6.40. The van der Waals surface area contributed by atoms with Gasteiger partial charge in [-0.2, -0.15) is 0 Å². The summed E-state index contributed by atoms with van der Waals surface area (Å²) in [5.74, 6) is 1.16. The fourth-order valence-electron chi connectivity index (χ4n) is 2.94. The molecule has 0 unspecified atom stereocenters. The molecule has 3 rings (SSSR count). The molecule has 2 nitrogen and oxygen atoms in total. The van der Waals surface area contributed by atoms with Gasteiger partial charge in [-0.05, 0) is 43.5 Å². The molecule has 0 aromatic heterocycles. The molecular weight excluding hydrogens is 320 g/mol. The lowest BCUT2D eigenvalue weighted by Crippen LogP contribution is -2.29. The Morgan fingerprint density at radius 3 is 2.74 bits per heavy atom. The molecule has 0 bridgehead atoms. The van der Waals surface area contributed by atoms with Gasteiger partial charge in [0, 0.05) is 15.9 Å². The second-order valence-corrected chi connectivity index (χ2v) is 7.51. The van der Waals surface area contributed by atoms with Crippen LogP contribution in [0.15, 0.2) is 27.7 Å². The zero-order chi connectivity index (χ0) is 13.3. The number of aliphatic imine (C=N–C) groups is 1. The highest BCUT2D eigenvalue weighted by atomic mass is 79.9. The molecule has 1 fully saturated rings. The Hall–Kier alpha value is -0.480. The minimum Gasteiger partial charge on any atom is -0.335 e. The zero-order valence-electron chi connectivity index (χ0n) is 11.2. The fourth-order valence-corrected chi connectivity index (χ4v) is 4.76. The van der Waals surface area contributed by atoms with E-state index >= 15 is 0 Å². The van der Waals surface area contributed by atoms with Crippen LogP contribution in [0.1, 0.15) is 37.7 Å². The van der Waals surface area contributed by atoms with Crippen molar-refractivity contribution < 1.29 is 0 Å². The van der Waals surface area contributed by atoms with Gasteiger partial charge in [0.15, 0.2) is 5.17 Å². The van der Waals surface area contributed by atoms with E-state index in [1.807, 2.05) is 11.8 Å². The molecule has 1 saturated carbocycles. The van der Waals surface area contributed by atoms with E-state index in [1.165, 1.54) is 37.7 Å². The zero-order valence-corrected chi connectivity index (χ0v) is 13.6. The quantitative estimate of drug-likeness (QED) is 0.781. The Balaban J connectivity index is 1.75. The normalized spacial score (nSPS) is 21.5. The Bertz CT molecular complexity index is 487. The van der Waals surface area contributed by atoms with Gasteiger partial charge in [0.25, 0.3) is 0 Å². The molecule has 0 amide bonds. The first-order chi connectivity index (χ1) is 9.15. The number of nitrogens with zero attached hydrogens (tertiary/aromatic N) is 1. The Kier molecular flexibility index (Phi) is 3.90. The summed E-state index contributed by atoms with van der Waals surface area (Å²) < 4.78 is 1.12. The molecule has 2 aliphatic rings. The van der Waals surface area contributed by atoms with E-state index in [1.54, 1.807) is 0 Å². The van der Waals surface area contributed by atoms with E-state index in [0.29, 0.717) is 0 Å². The summed E-state index contributed by atoms with van der Waals surface area (Å²) in [6.07, 6.45) is 6.60. The van der Waals surface area contributed by atoms with Gasteiger partial charge in [-0.1, -0.05) is 47.0 Å². The molecule has 19 heavy (non-hydrogen) atoms. The van der Waals surface area contributed by atoms with Crippen LogP contribution in [0.3, 0.4) is 0 Å². The number of aryl methyl sites for hydroxylation is 1. The topological polar surface area (TPSA) is 24.4 Å². The van der Waals surface area contributed by atoms with Gasteiger partial charge in [0.2, 0.25) is 0 Å². The molecule has 1 aromatic carbocycles. The lowest BCUT2D eigenvalue weighted by atomic mass is 9.84. The van der Waals surface area contributed by atoms with Crippen LogP contribution >= 0.6 is 27.7 Å². The predicted molar refractivity (Wildman–Crippen MR) is 88.2 cm³/mol. The summed E-state index contributed by atoms with van der Waals surface area (Å²) in [4.78, 5) is 4.99. The molecular formula is C15H19BrN2S. The molecule has 1 spiro atoms. The first-order valence-electron chi connectivity index (χ1n) is 6.92. The summed E-state index contributed by atoms with van der Waals surface area (Å²) in [5, 5.41) is 4.57. The van der Waals surface area contributed by atoms with E-state index in [-0.39, 0.29) is 5.54 Å². The van der Waals surface area contributed by atoms with E-state index in [9.17, 15) is 0 Å². The summed E-state index contributed by atoms with van der Waals surface area (Å²) >= 11 is 5.42. The molecule has 1 aliphatic heterocycles. The van der Waals surface area contributed by atoms with Gasteiger partial charge in [-0.3, -0.25) is 4.99 Å². The van der Waals surface area contributed by atoms with Crippen LogP contribution < -0.4 is 5.32 Å². The third kappa shape index (κ3) is 3.16. The summed E-state index contributed by atoms with van der Waals surface area (Å²) in [7, 11) is 0. The van der Waals surface area contributed by atoms with Crippen molar-refractivity contribution >= 4 is 38.5 Å². The molecule has 1 aromatic rings. The maximum Gasteiger partial charge on any atom is 0.161 e. The summed E-state index contributed by atoms with van der Waals surface area (Å²) in [6.45, 7) is 2.11. The third-order valence-corrected chi connectivity index (χ3v) is 5.50. The number of rotatable bonds is 1. The molecule has 0 saturated heterocycles. The second kappa shape index (κ2) is 5.49. The van der Waals surface area contributed by atoms with Gasteiger partial charge < -0.3 is 5.32 Å². The van der Waals surface area contributed by atoms with Crippen LogP contribution in [-0.2, 0) is 0 Å². The average molecular weight is 339 g/mol. The van der Waals surface area contributed by atoms with E-state index in [4.69, 9.17) is 4.99 Å². The van der Waals surface area contributed by atoms with Gasteiger partial charge >= 0.3 is 0 Å². The number of anilines is 1. The van der Waals surface area contributed by atoms with Crippen molar-refractivity contribution in [2.24, 2.45) is 4.99 Å². The van der Waals surface area contributed by atoms with Crippen LogP contribution in [0.5, 0.6) is 0 Å². The molecule has 1 aliphatic carbocycles. The Morgan fingerprint density at radius 2 is 2.00 bits per heavy atom. The number of hydrogen-bond donors (Lipinski definition) is 1. The Morgan fingerprint density at radius 1 is 1.21 bits per heavy atom. The molecule has 4 heteroatoms. The van der Waals surface area contributed by atoms with Crippen molar-refractivity contribution in [2.75, 3.05) is 11.1 Å². The standard InChI is InChI=1S/C15H19BrN2S/c1-11-7-12(16)9-13(8-11)17-14-18-15(10-19-14)5-3-2-4-6-15/h7-9H,2-6,10H2,1H3,(H,17,18). The number of nitrogens with one attached hydrogen (secondary N) is 1. The maximum atomic E-state index is 4.99. The van der Waals surface area contributed by atoms with E-state index in [0.717, 1.165) is 21.1 Å². The highest BCUT2D eigenvalue weighted by molar-refractivity contribution is 9.10.